The van der Waals surface area contributed by atoms with E-state index in [1.807, 2.05) is 0 Å². The highest BCUT2D eigenvalue weighted by Crippen LogP contribution is 2.27. The van der Waals surface area contributed by atoms with Gasteiger partial charge in [-0.25, -0.2) is 0 Å². The van der Waals surface area contributed by atoms with Crippen molar-refractivity contribution in [1.29, 1.82) is 0 Å². The molecular weight excluding hydrogens is 196 g/mol. The van der Waals surface area contributed by atoms with E-state index in [9.17, 15) is 0 Å². The topological polar surface area (TPSA) is 6.48 Å². The zero-order valence-electron chi connectivity index (χ0n) is 10.6. The lowest BCUT2D eigenvalue weighted by molar-refractivity contribution is 0.495. The lowest BCUT2D eigenvalue weighted by atomic mass is 9.87. The highest BCUT2D eigenvalue weighted by Gasteiger charge is 2.16. The zero-order valence-corrected chi connectivity index (χ0v) is 10.6. The Kier molecular flexibility index (Phi) is 2.66. The minimum Gasteiger partial charge on any atom is -0.361 e. The van der Waals surface area contributed by atoms with Crippen LogP contribution in [0.5, 0.6) is 0 Å². The van der Waals surface area contributed by atoms with Crippen molar-refractivity contribution in [2.24, 2.45) is 0 Å². The quantitative estimate of drug-likeness (QED) is 0.711. The average Bonchev–Trinajstić information content (AvgIpc) is 2.64. The normalized spacial score (nSPS) is 16.0. The predicted octanol–water partition coefficient (Wildman–Crippen LogP) is 3.16. The molecule has 0 fully saturated rings. The van der Waals surface area contributed by atoms with Gasteiger partial charge in [-0.15, -0.1) is 0 Å². The van der Waals surface area contributed by atoms with E-state index in [0.29, 0.717) is 0 Å². The maximum Gasteiger partial charge on any atom is 0.0938 e. The highest BCUT2D eigenvalue weighted by atomic mass is 15.3. The number of nitrogens with zero attached hydrogens (tertiary/aromatic N) is 2. The number of hydrogen-bond acceptors (Lipinski definition) is 2. The van der Waals surface area contributed by atoms with Crippen molar-refractivity contribution in [3.05, 3.63) is 42.2 Å². The molecule has 0 bridgehead atoms. The number of benzene rings is 1. The van der Waals surface area contributed by atoms with Crippen molar-refractivity contribution >= 4 is 5.69 Å². The van der Waals surface area contributed by atoms with Crippen molar-refractivity contribution in [2.45, 2.75) is 26.2 Å². The molecule has 16 heavy (non-hydrogen) atoms. The fraction of sp³-hybridized carbons (Fsp3) is 0.429. The second-order valence-corrected chi connectivity index (χ2v) is 5.47. The van der Waals surface area contributed by atoms with Gasteiger partial charge in [0.25, 0.3) is 0 Å². The van der Waals surface area contributed by atoms with E-state index in [2.05, 4.69) is 74.3 Å². The number of hydrogen-bond donors (Lipinski definition) is 0. The molecule has 1 aromatic rings. The van der Waals surface area contributed by atoms with E-state index in [-0.39, 0.29) is 5.41 Å². The first-order valence-corrected chi connectivity index (χ1v) is 5.72. The molecule has 0 radical (unpaired) electrons. The summed E-state index contributed by atoms with van der Waals surface area (Å²) in [5.74, 6) is 0. The van der Waals surface area contributed by atoms with Crippen LogP contribution in [0.1, 0.15) is 26.3 Å². The third-order valence-corrected chi connectivity index (χ3v) is 2.92. The van der Waals surface area contributed by atoms with Crippen molar-refractivity contribution < 1.29 is 0 Å². The fourth-order valence-electron chi connectivity index (χ4n) is 1.85. The Balaban J connectivity index is 2.27. The van der Waals surface area contributed by atoms with Crippen molar-refractivity contribution in [1.82, 2.24) is 4.90 Å². The summed E-state index contributed by atoms with van der Waals surface area (Å²) in [4.78, 5) is 4.43. The molecule has 86 valence electrons. The monoisotopic (exact) mass is 216 g/mol. The molecule has 0 amide bonds. The number of rotatable bonds is 1. The van der Waals surface area contributed by atoms with Crippen LogP contribution in [0.3, 0.4) is 0 Å². The van der Waals surface area contributed by atoms with Gasteiger partial charge in [-0.2, -0.15) is 0 Å². The van der Waals surface area contributed by atoms with Gasteiger partial charge in [-0.05, 0) is 23.1 Å². The third kappa shape index (κ3) is 2.21. The van der Waals surface area contributed by atoms with E-state index in [0.717, 1.165) is 6.67 Å². The summed E-state index contributed by atoms with van der Waals surface area (Å²) in [5.41, 5.74) is 2.87. The second-order valence-electron chi connectivity index (χ2n) is 5.47. The van der Waals surface area contributed by atoms with Crippen LogP contribution in [0.25, 0.3) is 0 Å². The Bertz CT molecular complexity index is 401. The van der Waals surface area contributed by atoms with E-state index in [4.69, 9.17) is 0 Å². The standard InChI is InChI=1S/C14H20N2/c1-14(2,3)12-6-5-7-13(10-12)16-9-8-15(4)11-16/h5-10H,11H2,1-4H3. The molecule has 0 unspecified atom stereocenters. The van der Waals surface area contributed by atoms with Gasteiger partial charge in [0.1, 0.15) is 0 Å². The Morgan fingerprint density at radius 2 is 1.88 bits per heavy atom. The van der Waals surface area contributed by atoms with Crippen LogP contribution in [0.2, 0.25) is 0 Å². The van der Waals surface area contributed by atoms with Crippen molar-refractivity contribution in [3.8, 4) is 0 Å². The van der Waals surface area contributed by atoms with Gasteiger partial charge in [0.15, 0.2) is 0 Å². The minimum atomic E-state index is 0.214. The lowest BCUT2D eigenvalue weighted by Gasteiger charge is -2.23. The summed E-state index contributed by atoms with van der Waals surface area (Å²) in [7, 11) is 2.09. The molecule has 1 aromatic carbocycles. The first kappa shape index (κ1) is 11.1. The Hall–Kier alpha value is -1.44. The molecule has 2 rings (SSSR count). The van der Waals surface area contributed by atoms with Crippen LogP contribution in [0.4, 0.5) is 5.69 Å². The second kappa shape index (κ2) is 3.85. The molecular formula is C14H20N2. The highest BCUT2D eigenvalue weighted by molar-refractivity contribution is 5.53. The molecule has 0 aliphatic carbocycles. The molecule has 0 atom stereocenters. The Morgan fingerprint density at radius 3 is 2.44 bits per heavy atom. The molecule has 1 aliphatic heterocycles. The molecule has 0 N–H and O–H groups in total. The van der Waals surface area contributed by atoms with Crippen LogP contribution >= 0.6 is 0 Å². The van der Waals surface area contributed by atoms with Gasteiger partial charge in [-0.1, -0.05) is 32.9 Å². The van der Waals surface area contributed by atoms with Crippen LogP contribution < -0.4 is 4.90 Å². The van der Waals surface area contributed by atoms with Crippen LogP contribution in [-0.4, -0.2) is 18.6 Å². The SMILES string of the molecule is CN1C=CN(c2cccc(C(C)(C)C)c2)C1. The molecule has 1 aliphatic rings. The van der Waals surface area contributed by atoms with Crippen LogP contribution in [0.15, 0.2) is 36.7 Å². The molecule has 0 saturated carbocycles. The van der Waals surface area contributed by atoms with Crippen molar-refractivity contribution in [2.75, 3.05) is 18.6 Å². The van der Waals surface area contributed by atoms with E-state index in [1.54, 1.807) is 0 Å². The molecule has 1 heterocycles. The fourth-order valence-corrected chi connectivity index (χ4v) is 1.85. The van der Waals surface area contributed by atoms with Crippen molar-refractivity contribution in [3.63, 3.8) is 0 Å². The molecule has 2 nitrogen and oxygen atoms in total. The summed E-state index contributed by atoms with van der Waals surface area (Å²) < 4.78 is 0. The van der Waals surface area contributed by atoms with Gasteiger partial charge >= 0.3 is 0 Å². The predicted molar refractivity (Wildman–Crippen MR) is 69.4 cm³/mol. The average molecular weight is 216 g/mol. The third-order valence-electron chi connectivity index (χ3n) is 2.92. The lowest BCUT2D eigenvalue weighted by Crippen LogP contribution is -2.22. The maximum absolute atomic E-state index is 2.28. The molecule has 2 heteroatoms. The van der Waals surface area contributed by atoms with E-state index < -0.39 is 0 Å². The smallest absolute Gasteiger partial charge is 0.0938 e. The maximum atomic E-state index is 2.28. The Labute approximate surface area is 98.2 Å². The Morgan fingerprint density at radius 1 is 1.12 bits per heavy atom. The summed E-state index contributed by atoms with van der Waals surface area (Å²) in [6.07, 6.45) is 4.23. The summed E-state index contributed by atoms with van der Waals surface area (Å²) in [6.45, 7) is 7.68. The molecule has 0 saturated heterocycles. The van der Waals surface area contributed by atoms with Crippen LogP contribution in [0, 0.1) is 0 Å². The number of anilines is 1. The van der Waals surface area contributed by atoms with E-state index >= 15 is 0 Å². The zero-order chi connectivity index (χ0) is 11.8. The van der Waals surface area contributed by atoms with Gasteiger partial charge in [0.2, 0.25) is 0 Å². The van der Waals surface area contributed by atoms with E-state index in [1.165, 1.54) is 11.3 Å². The van der Waals surface area contributed by atoms with Crippen LogP contribution in [-0.2, 0) is 5.41 Å². The van der Waals surface area contributed by atoms with Gasteiger partial charge in [0.05, 0.1) is 6.67 Å². The molecule has 0 aromatic heterocycles. The first-order valence-electron chi connectivity index (χ1n) is 5.72. The summed E-state index contributed by atoms with van der Waals surface area (Å²) in [6, 6.07) is 8.79. The first-order chi connectivity index (χ1) is 7.47. The summed E-state index contributed by atoms with van der Waals surface area (Å²) in [5, 5.41) is 0. The van der Waals surface area contributed by atoms with Gasteiger partial charge < -0.3 is 9.80 Å². The largest absolute Gasteiger partial charge is 0.361 e. The minimum absolute atomic E-state index is 0.214. The van der Waals surface area contributed by atoms with Gasteiger partial charge in [0, 0.05) is 25.1 Å². The summed E-state index contributed by atoms with van der Waals surface area (Å²) >= 11 is 0. The van der Waals surface area contributed by atoms with Gasteiger partial charge in [-0.3, -0.25) is 0 Å². The molecule has 0 spiro atoms.